The van der Waals surface area contributed by atoms with Gasteiger partial charge in [0.05, 0.1) is 19.5 Å². The molecule has 1 N–H and O–H groups in total. The van der Waals surface area contributed by atoms with Crippen LogP contribution in [0.15, 0.2) is 54.6 Å². The summed E-state index contributed by atoms with van der Waals surface area (Å²) in [4.78, 5) is 11.4. The first-order chi connectivity index (χ1) is 11.1. The largest absolute Gasteiger partial charge is 0.497 e. The molecule has 23 heavy (non-hydrogen) atoms. The summed E-state index contributed by atoms with van der Waals surface area (Å²) in [6, 6.07) is 15.6. The molecule has 5 nitrogen and oxygen atoms in total. The molecule has 2 unspecified atom stereocenters. The van der Waals surface area contributed by atoms with E-state index >= 15 is 0 Å². The van der Waals surface area contributed by atoms with Gasteiger partial charge in [-0.1, -0.05) is 30.3 Å². The van der Waals surface area contributed by atoms with E-state index in [1.807, 2.05) is 0 Å². The van der Waals surface area contributed by atoms with Crippen molar-refractivity contribution in [3.05, 3.63) is 60.2 Å². The Morgan fingerprint density at radius 3 is 2.26 bits per heavy atom. The summed E-state index contributed by atoms with van der Waals surface area (Å²) in [7, 11) is 0.0102. The number of hydrogen-bond donors (Lipinski definition) is 1. The first kappa shape index (κ1) is 17.0. The molecule has 122 valence electrons. The fourth-order valence-electron chi connectivity index (χ4n) is 2.07. The highest BCUT2D eigenvalue weighted by atomic mass is 32.2. The second-order valence-electron chi connectivity index (χ2n) is 4.74. The minimum atomic E-state index is -1.57. The average molecular weight is 334 g/mol. The van der Waals surface area contributed by atoms with Crippen LogP contribution in [0.2, 0.25) is 0 Å². The summed E-state index contributed by atoms with van der Waals surface area (Å²) in [6.07, 6.45) is 0. The van der Waals surface area contributed by atoms with E-state index in [0.29, 0.717) is 11.3 Å². The number of rotatable bonds is 8. The SMILES string of the molecule is COc1ccc(OCCS(=O)C(C(=O)O)c2ccccc2)cc1. The van der Waals surface area contributed by atoms with Gasteiger partial charge in [0.2, 0.25) is 0 Å². The number of carbonyl (C=O) groups is 1. The van der Waals surface area contributed by atoms with Gasteiger partial charge in [-0.05, 0) is 29.8 Å². The lowest BCUT2D eigenvalue weighted by atomic mass is 10.1. The number of carboxylic acid groups (broad SMARTS) is 1. The van der Waals surface area contributed by atoms with Gasteiger partial charge in [0.25, 0.3) is 0 Å². The smallest absolute Gasteiger partial charge is 0.323 e. The highest BCUT2D eigenvalue weighted by molar-refractivity contribution is 7.86. The van der Waals surface area contributed by atoms with Gasteiger partial charge in [-0.3, -0.25) is 9.00 Å². The normalized spacial score (nSPS) is 13.1. The van der Waals surface area contributed by atoms with Crippen LogP contribution in [-0.2, 0) is 15.6 Å². The lowest BCUT2D eigenvalue weighted by molar-refractivity contribution is -0.136. The van der Waals surface area contributed by atoms with Crippen LogP contribution in [0.5, 0.6) is 11.5 Å². The summed E-state index contributed by atoms with van der Waals surface area (Å²) >= 11 is 0. The van der Waals surface area contributed by atoms with E-state index in [4.69, 9.17) is 9.47 Å². The second-order valence-corrected chi connectivity index (χ2v) is 6.38. The molecule has 0 fully saturated rings. The number of ether oxygens (including phenoxy) is 2. The van der Waals surface area contributed by atoms with Gasteiger partial charge >= 0.3 is 5.97 Å². The number of benzene rings is 2. The maximum absolute atomic E-state index is 12.3. The summed E-state index contributed by atoms with van der Waals surface area (Å²) in [5.41, 5.74) is 0.530. The summed E-state index contributed by atoms with van der Waals surface area (Å²) in [5.74, 6) is 0.377. The molecule has 0 amide bonds. The van der Waals surface area contributed by atoms with Crippen molar-refractivity contribution in [1.82, 2.24) is 0 Å². The quantitative estimate of drug-likeness (QED) is 0.803. The monoisotopic (exact) mass is 334 g/mol. The van der Waals surface area contributed by atoms with Crippen LogP contribution in [0.3, 0.4) is 0 Å². The Kier molecular flexibility index (Phi) is 6.17. The van der Waals surface area contributed by atoms with Crippen molar-refractivity contribution in [3.8, 4) is 11.5 Å². The van der Waals surface area contributed by atoms with Crippen molar-refractivity contribution < 1.29 is 23.6 Å². The van der Waals surface area contributed by atoms with Crippen molar-refractivity contribution in [1.29, 1.82) is 0 Å². The van der Waals surface area contributed by atoms with Gasteiger partial charge in [0.15, 0.2) is 5.25 Å². The molecule has 0 heterocycles. The molecule has 2 rings (SSSR count). The summed E-state index contributed by atoms with van der Waals surface area (Å²) < 4.78 is 22.9. The predicted molar refractivity (Wildman–Crippen MR) is 88.3 cm³/mol. The van der Waals surface area contributed by atoms with Crippen molar-refractivity contribution in [2.45, 2.75) is 5.25 Å². The Labute approximate surface area is 137 Å². The second kappa shape index (κ2) is 8.33. The van der Waals surface area contributed by atoms with Crippen LogP contribution in [0.25, 0.3) is 0 Å². The van der Waals surface area contributed by atoms with Crippen LogP contribution in [0.4, 0.5) is 0 Å². The van der Waals surface area contributed by atoms with Gasteiger partial charge < -0.3 is 14.6 Å². The number of carboxylic acids is 1. The van der Waals surface area contributed by atoms with Crippen LogP contribution < -0.4 is 9.47 Å². The van der Waals surface area contributed by atoms with E-state index in [1.165, 1.54) is 0 Å². The maximum atomic E-state index is 12.3. The molecule has 0 spiro atoms. The summed E-state index contributed by atoms with van der Waals surface area (Å²) in [6.45, 7) is 0.176. The first-order valence-corrected chi connectivity index (χ1v) is 8.42. The number of aliphatic carboxylic acids is 1. The predicted octanol–water partition coefficient (Wildman–Crippen LogP) is 2.65. The van der Waals surface area contributed by atoms with Gasteiger partial charge in [0.1, 0.15) is 11.5 Å². The third kappa shape index (κ3) is 4.82. The van der Waals surface area contributed by atoms with Crippen molar-refractivity contribution in [3.63, 3.8) is 0 Å². The molecule has 0 aliphatic carbocycles. The molecule has 0 aliphatic rings. The number of hydrogen-bond acceptors (Lipinski definition) is 4. The highest BCUT2D eigenvalue weighted by Crippen LogP contribution is 2.21. The van der Waals surface area contributed by atoms with E-state index < -0.39 is 22.0 Å². The minimum Gasteiger partial charge on any atom is -0.497 e. The van der Waals surface area contributed by atoms with E-state index in [2.05, 4.69) is 0 Å². The molecular weight excluding hydrogens is 316 g/mol. The van der Waals surface area contributed by atoms with E-state index in [0.717, 1.165) is 5.75 Å². The van der Waals surface area contributed by atoms with E-state index in [9.17, 15) is 14.1 Å². The Bertz CT molecular complexity index is 654. The molecule has 2 atom stereocenters. The maximum Gasteiger partial charge on any atom is 0.323 e. The number of methoxy groups -OCH3 is 1. The zero-order valence-electron chi connectivity index (χ0n) is 12.7. The van der Waals surface area contributed by atoms with Crippen LogP contribution in [-0.4, -0.2) is 34.8 Å². The molecule has 0 aromatic heterocycles. The first-order valence-electron chi connectivity index (χ1n) is 7.03. The molecule has 2 aromatic rings. The lowest BCUT2D eigenvalue weighted by Crippen LogP contribution is -2.21. The van der Waals surface area contributed by atoms with Crippen molar-refractivity contribution in [2.75, 3.05) is 19.5 Å². The zero-order chi connectivity index (χ0) is 16.7. The fraction of sp³-hybridized carbons (Fsp3) is 0.235. The van der Waals surface area contributed by atoms with Crippen LogP contribution in [0.1, 0.15) is 10.8 Å². The fourth-order valence-corrected chi connectivity index (χ4v) is 3.23. The lowest BCUT2D eigenvalue weighted by Gasteiger charge is -2.13. The Balaban J connectivity index is 1.93. The Morgan fingerprint density at radius 2 is 1.70 bits per heavy atom. The van der Waals surface area contributed by atoms with Gasteiger partial charge in [-0.15, -0.1) is 0 Å². The summed E-state index contributed by atoms with van der Waals surface area (Å²) in [5, 5.41) is 8.28. The van der Waals surface area contributed by atoms with Gasteiger partial charge in [-0.25, -0.2) is 0 Å². The molecule has 0 saturated heterocycles. The third-order valence-electron chi connectivity index (χ3n) is 3.20. The molecule has 0 bridgehead atoms. The van der Waals surface area contributed by atoms with Crippen LogP contribution in [0, 0.1) is 0 Å². The van der Waals surface area contributed by atoms with Gasteiger partial charge in [0, 0.05) is 10.8 Å². The molecule has 2 aromatic carbocycles. The molecule has 0 aliphatic heterocycles. The van der Waals surface area contributed by atoms with E-state index in [1.54, 1.807) is 61.7 Å². The Hall–Kier alpha value is -2.34. The molecule has 0 saturated carbocycles. The topological polar surface area (TPSA) is 72.8 Å². The molecular formula is C17H18O5S. The van der Waals surface area contributed by atoms with Crippen molar-refractivity contribution in [2.24, 2.45) is 0 Å². The minimum absolute atomic E-state index is 0.137. The van der Waals surface area contributed by atoms with Crippen molar-refractivity contribution >= 4 is 16.8 Å². The highest BCUT2D eigenvalue weighted by Gasteiger charge is 2.26. The zero-order valence-corrected chi connectivity index (χ0v) is 13.5. The Morgan fingerprint density at radius 1 is 1.09 bits per heavy atom. The average Bonchev–Trinajstić information content (AvgIpc) is 2.56. The van der Waals surface area contributed by atoms with Crippen LogP contribution >= 0.6 is 0 Å². The molecule has 6 heteroatoms. The van der Waals surface area contributed by atoms with E-state index in [-0.39, 0.29) is 12.4 Å². The standard InChI is InChI=1S/C17H18O5S/c1-21-14-7-9-15(10-8-14)22-11-12-23(20)16(17(18)19)13-5-3-2-4-6-13/h2-10,16H,11-12H2,1H3,(H,18,19). The van der Waals surface area contributed by atoms with Gasteiger partial charge in [-0.2, -0.15) is 0 Å². The molecule has 0 radical (unpaired) electrons. The third-order valence-corrected chi connectivity index (χ3v) is 4.77.